The number of amides is 1. The summed E-state index contributed by atoms with van der Waals surface area (Å²) in [6.07, 6.45) is 1.65. The van der Waals surface area contributed by atoms with Crippen LogP contribution in [0, 0.1) is 0 Å². The summed E-state index contributed by atoms with van der Waals surface area (Å²) in [4.78, 5) is 16.6. The monoisotopic (exact) mass is 376 g/mol. The molecule has 2 aromatic heterocycles. The summed E-state index contributed by atoms with van der Waals surface area (Å²) < 4.78 is 13.3. The lowest BCUT2D eigenvalue weighted by Gasteiger charge is -2.04. The molecule has 0 spiro atoms. The number of carbonyl (C=O) groups is 1. The third kappa shape index (κ3) is 3.46. The molecule has 28 heavy (non-hydrogen) atoms. The molecule has 0 aliphatic carbocycles. The van der Waals surface area contributed by atoms with Crippen molar-refractivity contribution >= 4 is 33.6 Å². The van der Waals surface area contributed by atoms with Crippen molar-refractivity contribution in [2.24, 2.45) is 5.10 Å². The van der Waals surface area contributed by atoms with Crippen LogP contribution in [0.25, 0.3) is 22.0 Å². The molecule has 1 N–H and O–H groups in total. The number of para-hydroxylation sites is 3. The van der Waals surface area contributed by atoms with E-state index in [9.17, 15) is 4.79 Å². The van der Waals surface area contributed by atoms with Gasteiger partial charge in [0.05, 0.1) is 24.0 Å². The molecule has 142 valence electrons. The topological polar surface area (TPSA) is 81.6 Å². The number of imidazole rings is 1. The summed E-state index contributed by atoms with van der Waals surface area (Å²) in [5.74, 6) is 1.03. The average Bonchev–Trinajstić information content (AvgIpc) is 3.32. The summed E-state index contributed by atoms with van der Waals surface area (Å²) in [5, 5.41) is 5.10. The fourth-order valence-electron chi connectivity index (χ4n) is 3.01. The lowest BCUT2D eigenvalue weighted by molar-refractivity contribution is -0.121. The molecule has 7 heteroatoms. The zero-order valence-corrected chi connectivity index (χ0v) is 15.7. The minimum absolute atomic E-state index is 0.131. The fraction of sp³-hybridized carbons (Fsp3) is 0.190. The van der Waals surface area contributed by atoms with Crippen molar-refractivity contribution < 1.29 is 13.9 Å². The van der Waals surface area contributed by atoms with Gasteiger partial charge in [0.1, 0.15) is 12.3 Å². The van der Waals surface area contributed by atoms with E-state index in [1.807, 2.05) is 55.5 Å². The first-order valence-electron chi connectivity index (χ1n) is 9.04. The molecule has 0 atom stereocenters. The maximum absolute atomic E-state index is 12.3. The van der Waals surface area contributed by atoms with Crippen molar-refractivity contribution in [3.8, 4) is 5.75 Å². The SMILES string of the molecule is CCOc1cccc2cc(/C(C)=N\NC(=O)Cn3cnc4ccccc43)oc12. The Balaban J connectivity index is 1.49. The number of nitrogens with one attached hydrogen (secondary N) is 1. The van der Waals surface area contributed by atoms with E-state index in [2.05, 4.69) is 15.5 Å². The Morgan fingerprint density at radius 3 is 2.96 bits per heavy atom. The Hall–Kier alpha value is -3.61. The normalized spacial score (nSPS) is 11.9. The molecule has 2 aromatic carbocycles. The Morgan fingerprint density at radius 2 is 2.11 bits per heavy atom. The third-order valence-corrected chi connectivity index (χ3v) is 4.35. The number of hydrogen-bond acceptors (Lipinski definition) is 5. The van der Waals surface area contributed by atoms with Crippen LogP contribution >= 0.6 is 0 Å². The van der Waals surface area contributed by atoms with Crippen molar-refractivity contribution in [2.75, 3.05) is 6.61 Å². The maximum atomic E-state index is 12.3. The first kappa shape index (κ1) is 17.8. The van der Waals surface area contributed by atoms with E-state index < -0.39 is 0 Å². The Labute approximate surface area is 161 Å². The van der Waals surface area contributed by atoms with Gasteiger partial charge in [0.15, 0.2) is 17.1 Å². The van der Waals surface area contributed by atoms with Crippen LogP contribution in [0.3, 0.4) is 0 Å². The molecule has 0 bridgehead atoms. The zero-order valence-electron chi connectivity index (χ0n) is 15.7. The molecule has 0 fully saturated rings. The van der Waals surface area contributed by atoms with Gasteiger partial charge in [0, 0.05) is 5.39 Å². The summed E-state index contributed by atoms with van der Waals surface area (Å²) in [5.41, 5.74) is 5.57. The third-order valence-electron chi connectivity index (χ3n) is 4.35. The maximum Gasteiger partial charge on any atom is 0.260 e. The van der Waals surface area contributed by atoms with Crippen molar-refractivity contribution in [2.45, 2.75) is 20.4 Å². The summed E-state index contributed by atoms with van der Waals surface area (Å²) in [6.45, 7) is 4.40. The number of ether oxygens (including phenoxy) is 1. The second-order valence-corrected chi connectivity index (χ2v) is 6.31. The second-order valence-electron chi connectivity index (χ2n) is 6.31. The smallest absolute Gasteiger partial charge is 0.260 e. The van der Waals surface area contributed by atoms with E-state index >= 15 is 0 Å². The van der Waals surface area contributed by atoms with Crippen molar-refractivity contribution in [1.82, 2.24) is 15.0 Å². The van der Waals surface area contributed by atoms with Gasteiger partial charge in [0.25, 0.3) is 5.91 Å². The van der Waals surface area contributed by atoms with Gasteiger partial charge in [-0.3, -0.25) is 4.79 Å². The number of fused-ring (bicyclic) bond motifs is 2. The van der Waals surface area contributed by atoms with E-state index in [4.69, 9.17) is 9.15 Å². The van der Waals surface area contributed by atoms with Gasteiger partial charge in [0.2, 0.25) is 0 Å². The Morgan fingerprint density at radius 1 is 1.25 bits per heavy atom. The predicted octanol–water partition coefficient (Wildman–Crippen LogP) is 3.72. The van der Waals surface area contributed by atoms with Gasteiger partial charge in [-0.2, -0.15) is 5.10 Å². The highest BCUT2D eigenvalue weighted by molar-refractivity contribution is 6.01. The van der Waals surface area contributed by atoms with Gasteiger partial charge in [-0.15, -0.1) is 0 Å². The van der Waals surface area contributed by atoms with E-state index in [0.29, 0.717) is 29.4 Å². The molecular weight excluding hydrogens is 356 g/mol. The fourth-order valence-corrected chi connectivity index (χ4v) is 3.01. The number of benzene rings is 2. The van der Waals surface area contributed by atoms with E-state index in [1.54, 1.807) is 17.8 Å². The minimum atomic E-state index is -0.242. The molecule has 4 rings (SSSR count). The number of hydrazone groups is 1. The highest BCUT2D eigenvalue weighted by atomic mass is 16.5. The van der Waals surface area contributed by atoms with Gasteiger partial charge < -0.3 is 13.7 Å². The van der Waals surface area contributed by atoms with Gasteiger partial charge in [-0.25, -0.2) is 10.4 Å². The molecule has 0 saturated heterocycles. The van der Waals surface area contributed by atoms with Crippen molar-refractivity contribution in [3.05, 3.63) is 60.6 Å². The van der Waals surface area contributed by atoms with Crippen LogP contribution in [0.15, 0.2) is 64.4 Å². The zero-order chi connectivity index (χ0) is 19.5. The summed E-state index contributed by atoms with van der Waals surface area (Å²) in [6, 6.07) is 15.3. The number of hydrogen-bond donors (Lipinski definition) is 1. The van der Waals surface area contributed by atoms with Gasteiger partial charge >= 0.3 is 0 Å². The molecule has 4 aromatic rings. The van der Waals surface area contributed by atoms with Crippen molar-refractivity contribution in [1.29, 1.82) is 0 Å². The number of rotatable bonds is 6. The van der Waals surface area contributed by atoms with Crippen LogP contribution in [0.4, 0.5) is 0 Å². The number of furan rings is 1. The van der Waals surface area contributed by atoms with Crippen LogP contribution in [-0.4, -0.2) is 27.8 Å². The molecule has 0 saturated carbocycles. The van der Waals surface area contributed by atoms with Crippen LogP contribution in [-0.2, 0) is 11.3 Å². The summed E-state index contributed by atoms with van der Waals surface area (Å²) in [7, 11) is 0. The Kier molecular flexibility index (Phi) is 4.80. The number of aromatic nitrogens is 2. The van der Waals surface area contributed by atoms with Crippen LogP contribution in [0.1, 0.15) is 19.6 Å². The lowest BCUT2D eigenvalue weighted by Crippen LogP contribution is -2.23. The largest absolute Gasteiger partial charge is 0.490 e. The lowest BCUT2D eigenvalue weighted by atomic mass is 10.2. The number of carbonyl (C=O) groups excluding carboxylic acids is 1. The van der Waals surface area contributed by atoms with E-state index in [0.717, 1.165) is 16.4 Å². The van der Waals surface area contributed by atoms with E-state index in [-0.39, 0.29) is 12.5 Å². The van der Waals surface area contributed by atoms with E-state index in [1.165, 1.54) is 0 Å². The highest BCUT2D eigenvalue weighted by Crippen LogP contribution is 2.29. The molecule has 0 radical (unpaired) electrons. The van der Waals surface area contributed by atoms with Gasteiger partial charge in [-0.1, -0.05) is 24.3 Å². The first-order chi connectivity index (χ1) is 13.7. The average molecular weight is 376 g/mol. The Bertz CT molecular complexity index is 1170. The molecule has 0 aliphatic rings. The first-order valence-corrected chi connectivity index (χ1v) is 9.04. The van der Waals surface area contributed by atoms with Crippen LogP contribution in [0.5, 0.6) is 5.75 Å². The minimum Gasteiger partial charge on any atom is -0.490 e. The molecule has 0 aliphatic heterocycles. The van der Waals surface area contributed by atoms with Crippen molar-refractivity contribution in [3.63, 3.8) is 0 Å². The molecule has 1 amide bonds. The molecule has 2 heterocycles. The van der Waals surface area contributed by atoms with Crippen LogP contribution < -0.4 is 10.2 Å². The predicted molar refractivity (Wildman–Crippen MR) is 107 cm³/mol. The highest BCUT2D eigenvalue weighted by Gasteiger charge is 2.12. The van der Waals surface area contributed by atoms with Gasteiger partial charge in [-0.05, 0) is 38.1 Å². The molecular formula is C21H20N4O3. The van der Waals surface area contributed by atoms with Crippen LogP contribution in [0.2, 0.25) is 0 Å². The second kappa shape index (κ2) is 7.56. The summed E-state index contributed by atoms with van der Waals surface area (Å²) >= 11 is 0. The molecule has 7 nitrogen and oxygen atoms in total. The quantitative estimate of drug-likeness (QED) is 0.411. The number of nitrogens with zero attached hydrogens (tertiary/aromatic N) is 3. The standard InChI is InChI=1S/C21H20N4O3/c1-3-27-18-10-6-7-15-11-19(28-21(15)18)14(2)23-24-20(26)12-25-13-22-16-8-4-5-9-17(16)25/h4-11,13H,3,12H2,1-2H3,(H,24,26)/b23-14-. The molecule has 0 unspecified atom stereocenters.